The van der Waals surface area contributed by atoms with Crippen LogP contribution in [0.3, 0.4) is 0 Å². The number of benzene rings is 1. The predicted molar refractivity (Wildman–Crippen MR) is 72.1 cm³/mol. The molecular formula is C11H17ClN2O3S. The molecule has 0 heterocycles. The summed E-state index contributed by atoms with van der Waals surface area (Å²) in [5.74, 6) is 0. The minimum atomic E-state index is -3.72. The number of nitrogens with one attached hydrogen (secondary N) is 1. The number of rotatable bonds is 6. The Morgan fingerprint density at radius 2 is 2.17 bits per heavy atom. The first-order valence-corrected chi connectivity index (χ1v) is 7.40. The fourth-order valence-electron chi connectivity index (χ4n) is 1.45. The van der Waals surface area contributed by atoms with Crippen molar-refractivity contribution < 1.29 is 13.2 Å². The first kappa shape index (κ1) is 15.2. The Hall–Kier alpha value is -0.820. The van der Waals surface area contributed by atoms with E-state index in [1.807, 2.05) is 6.92 Å². The molecule has 3 N–H and O–H groups in total. The molecular weight excluding hydrogens is 276 g/mol. The summed E-state index contributed by atoms with van der Waals surface area (Å²) in [6.07, 6.45) is -0.214. The maximum absolute atomic E-state index is 12.1. The number of hydrogen-bond acceptors (Lipinski definition) is 4. The largest absolute Gasteiger partial charge is 0.398 e. The van der Waals surface area contributed by atoms with E-state index in [0.717, 1.165) is 0 Å². The lowest BCUT2D eigenvalue weighted by Gasteiger charge is -2.14. The Balaban J connectivity index is 2.87. The summed E-state index contributed by atoms with van der Waals surface area (Å²) in [6, 6.07) is 4.57. The highest BCUT2D eigenvalue weighted by molar-refractivity contribution is 7.89. The van der Waals surface area contributed by atoms with E-state index >= 15 is 0 Å². The summed E-state index contributed by atoms with van der Waals surface area (Å²) in [7, 11) is -3.72. The number of nitrogens with two attached hydrogens (primary N) is 1. The molecule has 0 aliphatic carbocycles. The zero-order valence-electron chi connectivity index (χ0n) is 10.3. The number of anilines is 1. The van der Waals surface area contributed by atoms with E-state index in [9.17, 15) is 8.42 Å². The molecule has 1 aromatic rings. The van der Waals surface area contributed by atoms with E-state index < -0.39 is 10.0 Å². The fourth-order valence-corrected chi connectivity index (χ4v) is 3.24. The molecule has 0 aromatic heterocycles. The zero-order chi connectivity index (χ0) is 13.8. The van der Waals surface area contributed by atoms with Gasteiger partial charge in [0.25, 0.3) is 0 Å². The monoisotopic (exact) mass is 292 g/mol. The first-order chi connectivity index (χ1) is 8.38. The minimum Gasteiger partial charge on any atom is -0.398 e. The van der Waals surface area contributed by atoms with Crippen molar-refractivity contribution in [1.82, 2.24) is 4.72 Å². The van der Waals surface area contributed by atoms with Gasteiger partial charge in [0.05, 0.1) is 16.8 Å². The molecule has 0 spiro atoms. The van der Waals surface area contributed by atoms with Crippen molar-refractivity contribution in [2.45, 2.75) is 24.8 Å². The van der Waals surface area contributed by atoms with Crippen molar-refractivity contribution in [2.75, 3.05) is 18.9 Å². The lowest BCUT2D eigenvalue weighted by molar-refractivity contribution is 0.0799. The molecule has 1 atom stereocenters. The highest BCUT2D eigenvalue weighted by atomic mass is 35.5. The van der Waals surface area contributed by atoms with Gasteiger partial charge >= 0.3 is 0 Å². The van der Waals surface area contributed by atoms with E-state index in [2.05, 4.69) is 4.72 Å². The molecule has 0 amide bonds. The second-order valence-electron chi connectivity index (χ2n) is 3.78. The standard InChI is InChI=1S/C11H17ClN2O3S/c1-3-17-8(2)7-14-18(15,16)11-9(12)5-4-6-10(11)13/h4-6,8,14H,3,7,13H2,1-2H3. The summed E-state index contributed by atoms with van der Waals surface area (Å²) in [4.78, 5) is -0.0876. The van der Waals surface area contributed by atoms with Gasteiger partial charge in [-0.25, -0.2) is 13.1 Å². The van der Waals surface area contributed by atoms with Gasteiger partial charge in [-0.1, -0.05) is 17.7 Å². The van der Waals surface area contributed by atoms with E-state index in [4.69, 9.17) is 22.1 Å². The quantitative estimate of drug-likeness (QED) is 0.781. The number of halogens is 1. The molecule has 18 heavy (non-hydrogen) atoms. The number of sulfonamides is 1. The van der Waals surface area contributed by atoms with Gasteiger partial charge in [-0.15, -0.1) is 0 Å². The van der Waals surface area contributed by atoms with Gasteiger partial charge in [0, 0.05) is 13.2 Å². The second kappa shape index (κ2) is 6.38. The van der Waals surface area contributed by atoms with Crippen molar-refractivity contribution in [3.05, 3.63) is 23.2 Å². The van der Waals surface area contributed by atoms with Crippen molar-refractivity contribution in [1.29, 1.82) is 0 Å². The third-order valence-corrected chi connectivity index (χ3v) is 4.24. The van der Waals surface area contributed by atoms with Gasteiger partial charge in [-0.2, -0.15) is 0 Å². The zero-order valence-corrected chi connectivity index (χ0v) is 11.9. The van der Waals surface area contributed by atoms with E-state index in [-0.39, 0.29) is 28.3 Å². The number of hydrogen-bond donors (Lipinski definition) is 2. The average molecular weight is 293 g/mol. The van der Waals surface area contributed by atoms with Crippen LogP contribution in [0.4, 0.5) is 5.69 Å². The van der Waals surface area contributed by atoms with Crippen LogP contribution < -0.4 is 10.5 Å². The maximum atomic E-state index is 12.1. The minimum absolute atomic E-state index is 0.0876. The van der Waals surface area contributed by atoms with Gasteiger partial charge in [-0.3, -0.25) is 0 Å². The Morgan fingerprint density at radius 3 is 2.72 bits per heavy atom. The van der Waals surface area contributed by atoms with Crippen LogP contribution in [0, 0.1) is 0 Å². The molecule has 0 radical (unpaired) electrons. The second-order valence-corrected chi connectivity index (χ2v) is 5.89. The van der Waals surface area contributed by atoms with Crippen molar-refractivity contribution in [2.24, 2.45) is 0 Å². The Labute approximate surface area is 112 Å². The van der Waals surface area contributed by atoms with Gasteiger partial charge < -0.3 is 10.5 Å². The molecule has 0 saturated carbocycles. The average Bonchev–Trinajstić information content (AvgIpc) is 2.26. The lowest BCUT2D eigenvalue weighted by Crippen LogP contribution is -2.32. The van der Waals surface area contributed by atoms with Crippen LogP contribution in [0.5, 0.6) is 0 Å². The molecule has 0 bridgehead atoms. The summed E-state index contributed by atoms with van der Waals surface area (Å²) < 4.78 is 31.8. The Bertz CT molecular complexity index is 485. The summed E-state index contributed by atoms with van der Waals surface area (Å²) >= 11 is 5.86. The highest BCUT2D eigenvalue weighted by Crippen LogP contribution is 2.26. The molecule has 0 aliphatic rings. The van der Waals surface area contributed by atoms with Crippen LogP contribution in [0.2, 0.25) is 5.02 Å². The normalized spacial score (nSPS) is 13.5. The number of ether oxygens (including phenoxy) is 1. The third-order valence-electron chi connectivity index (χ3n) is 2.28. The molecule has 7 heteroatoms. The Morgan fingerprint density at radius 1 is 1.50 bits per heavy atom. The third kappa shape index (κ3) is 3.84. The molecule has 1 rings (SSSR count). The van der Waals surface area contributed by atoms with Gasteiger partial charge in [0.2, 0.25) is 10.0 Å². The van der Waals surface area contributed by atoms with Crippen LogP contribution in [-0.4, -0.2) is 27.7 Å². The molecule has 0 fully saturated rings. The van der Waals surface area contributed by atoms with Crippen molar-refractivity contribution in [3.8, 4) is 0 Å². The van der Waals surface area contributed by atoms with Gasteiger partial charge in [0.15, 0.2) is 0 Å². The lowest BCUT2D eigenvalue weighted by atomic mass is 10.3. The highest BCUT2D eigenvalue weighted by Gasteiger charge is 2.21. The smallest absolute Gasteiger partial charge is 0.244 e. The predicted octanol–water partition coefficient (Wildman–Crippen LogP) is 1.63. The summed E-state index contributed by atoms with van der Waals surface area (Å²) in [6.45, 7) is 4.32. The Kier molecular flexibility index (Phi) is 5.40. The van der Waals surface area contributed by atoms with Crippen LogP contribution in [0.25, 0.3) is 0 Å². The number of nitrogen functional groups attached to an aromatic ring is 1. The molecule has 0 saturated heterocycles. The SMILES string of the molecule is CCOC(C)CNS(=O)(=O)c1c(N)cccc1Cl. The van der Waals surface area contributed by atoms with E-state index in [1.165, 1.54) is 12.1 Å². The molecule has 102 valence electrons. The summed E-state index contributed by atoms with van der Waals surface area (Å²) in [5.41, 5.74) is 5.76. The van der Waals surface area contributed by atoms with Crippen LogP contribution in [0.1, 0.15) is 13.8 Å². The molecule has 1 aromatic carbocycles. The van der Waals surface area contributed by atoms with Crippen LogP contribution in [-0.2, 0) is 14.8 Å². The fraction of sp³-hybridized carbons (Fsp3) is 0.455. The van der Waals surface area contributed by atoms with Crippen molar-refractivity contribution in [3.63, 3.8) is 0 Å². The first-order valence-electron chi connectivity index (χ1n) is 5.53. The maximum Gasteiger partial charge on any atom is 0.244 e. The molecule has 0 aliphatic heterocycles. The van der Waals surface area contributed by atoms with Crippen LogP contribution >= 0.6 is 11.6 Å². The molecule has 5 nitrogen and oxygen atoms in total. The van der Waals surface area contributed by atoms with Gasteiger partial charge in [0.1, 0.15) is 4.90 Å². The molecule has 1 unspecified atom stereocenters. The topological polar surface area (TPSA) is 81.4 Å². The summed E-state index contributed by atoms with van der Waals surface area (Å²) in [5, 5.41) is 0.103. The van der Waals surface area contributed by atoms with E-state index in [0.29, 0.717) is 6.61 Å². The van der Waals surface area contributed by atoms with E-state index in [1.54, 1.807) is 13.0 Å². The van der Waals surface area contributed by atoms with Crippen molar-refractivity contribution >= 4 is 27.3 Å². The van der Waals surface area contributed by atoms with Crippen LogP contribution in [0.15, 0.2) is 23.1 Å². The van der Waals surface area contributed by atoms with Gasteiger partial charge in [-0.05, 0) is 26.0 Å².